The summed E-state index contributed by atoms with van der Waals surface area (Å²) in [6.07, 6.45) is 3.57. The number of rotatable bonds is 10. The summed E-state index contributed by atoms with van der Waals surface area (Å²) in [5.41, 5.74) is 0.383. The highest BCUT2D eigenvalue weighted by molar-refractivity contribution is 6.38. The van der Waals surface area contributed by atoms with Crippen LogP contribution in [0.4, 0.5) is 0 Å². The first kappa shape index (κ1) is 24.1. The number of pyridine rings is 1. The van der Waals surface area contributed by atoms with E-state index in [1.54, 1.807) is 24.4 Å². The van der Waals surface area contributed by atoms with E-state index in [1.165, 1.54) is 0 Å². The molecule has 2 unspecified atom stereocenters. The molecule has 3 N–H and O–H groups in total. The van der Waals surface area contributed by atoms with Crippen molar-refractivity contribution in [1.29, 1.82) is 0 Å². The standard InChI is InChI=1S/C27H30N4O5/c32-23(25(34)29-14-18-9-4-5-12-28-18)21(13-17-7-2-1-3-8-17)30-26(35)27(10-6-11-27)31-24(33)22-19-15-36-16-20(19)22/h1-5,7-9,12,19-22H,6,10-11,13-16H2,(H,29,34)(H,30,35)(H,31,33)/t19?,20?,21-,22?/m1/s1. The highest BCUT2D eigenvalue weighted by Gasteiger charge is 2.59. The summed E-state index contributed by atoms with van der Waals surface area (Å²) < 4.78 is 5.37. The molecule has 5 rings (SSSR count). The van der Waals surface area contributed by atoms with Gasteiger partial charge in [0.2, 0.25) is 17.6 Å². The van der Waals surface area contributed by atoms with E-state index in [0.29, 0.717) is 31.7 Å². The Hall–Kier alpha value is -3.59. The Morgan fingerprint density at radius 3 is 2.36 bits per heavy atom. The summed E-state index contributed by atoms with van der Waals surface area (Å²) in [4.78, 5) is 56.4. The molecule has 1 aromatic carbocycles. The van der Waals surface area contributed by atoms with Gasteiger partial charge in [0.15, 0.2) is 0 Å². The van der Waals surface area contributed by atoms with Crippen LogP contribution in [-0.2, 0) is 36.9 Å². The van der Waals surface area contributed by atoms with Gasteiger partial charge in [0, 0.05) is 18.5 Å². The number of carbonyl (C=O) groups excluding carboxylic acids is 4. The van der Waals surface area contributed by atoms with Crippen molar-refractivity contribution < 1.29 is 23.9 Å². The van der Waals surface area contributed by atoms with Crippen molar-refractivity contribution in [3.05, 3.63) is 66.0 Å². The van der Waals surface area contributed by atoms with Crippen molar-refractivity contribution in [2.45, 2.75) is 43.8 Å². The molecule has 2 aliphatic carbocycles. The average molecular weight is 491 g/mol. The van der Waals surface area contributed by atoms with Gasteiger partial charge in [-0.1, -0.05) is 36.4 Å². The summed E-state index contributed by atoms with van der Waals surface area (Å²) >= 11 is 0. The molecule has 9 heteroatoms. The zero-order valence-electron chi connectivity index (χ0n) is 19.9. The zero-order chi connectivity index (χ0) is 25.1. The Balaban J connectivity index is 1.26. The smallest absolute Gasteiger partial charge is 0.289 e. The maximum absolute atomic E-state index is 13.4. The van der Waals surface area contributed by atoms with Gasteiger partial charge in [0.05, 0.1) is 25.5 Å². The SMILES string of the molecule is O=C(NCc1ccccn1)C(=O)[C@@H](Cc1ccccc1)NC(=O)C1(NC(=O)C2C3COCC32)CCC1. The molecule has 1 saturated heterocycles. The number of nitrogens with one attached hydrogen (secondary N) is 3. The van der Waals surface area contributed by atoms with Crippen LogP contribution in [0, 0.1) is 17.8 Å². The van der Waals surface area contributed by atoms with Crippen molar-refractivity contribution in [2.24, 2.45) is 17.8 Å². The predicted octanol–water partition coefficient (Wildman–Crippen LogP) is 0.926. The van der Waals surface area contributed by atoms with Gasteiger partial charge in [-0.3, -0.25) is 24.2 Å². The normalized spacial score (nSPS) is 23.9. The maximum atomic E-state index is 13.4. The molecule has 3 fully saturated rings. The van der Waals surface area contributed by atoms with Crippen LogP contribution in [0.2, 0.25) is 0 Å². The lowest BCUT2D eigenvalue weighted by atomic mass is 9.75. The molecule has 2 aromatic rings. The van der Waals surface area contributed by atoms with Crippen LogP contribution in [0.1, 0.15) is 30.5 Å². The fourth-order valence-electron chi connectivity index (χ4n) is 5.16. The lowest BCUT2D eigenvalue weighted by molar-refractivity contribution is -0.143. The molecule has 0 radical (unpaired) electrons. The Morgan fingerprint density at radius 2 is 1.72 bits per heavy atom. The van der Waals surface area contributed by atoms with E-state index in [-0.39, 0.29) is 36.6 Å². The van der Waals surface area contributed by atoms with E-state index < -0.39 is 29.2 Å². The van der Waals surface area contributed by atoms with E-state index in [1.807, 2.05) is 30.3 Å². The fraction of sp³-hybridized carbons (Fsp3) is 0.444. The third kappa shape index (κ3) is 5.02. The number of Topliss-reactive ketones (excluding diaryl/α,β-unsaturated/α-hetero) is 1. The third-order valence-electron chi connectivity index (χ3n) is 7.54. The number of ether oxygens (including phenoxy) is 1. The highest BCUT2D eigenvalue weighted by atomic mass is 16.5. The molecular formula is C27H30N4O5. The van der Waals surface area contributed by atoms with Crippen LogP contribution < -0.4 is 16.0 Å². The second-order valence-corrected chi connectivity index (χ2v) is 9.90. The molecule has 3 amide bonds. The summed E-state index contributed by atoms with van der Waals surface area (Å²) in [5, 5.41) is 8.37. The number of amides is 3. The third-order valence-corrected chi connectivity index (χ3v) is 7.54. The highest BCUT2D eigenvalue weighted by Crippen LogP contribution is 2.51. The average Bonchev–Trinajstić information content (AvgIpc) is 3.36. The molecule has 0 spiro atoms. The van der Waals surface area contributed by atoms with Crippen molar-refractivity contribution >= 4 is 23.5 Å². The molecule has 2 heterocycles. The molecule has 2 saturated carbocycles. The topological polar surface area (TPSA) is 126 Å². The summed E-state index contributed by atoms with van der Waals surface area (Å²) in [5.74, 6) is -1.71. The first-order chi connectivity index (χ1) is 17.5. The molecule has 36 heavy (non-hydrogen) atoms. The van der Waals surface area contributed by atoms with Gasteiger partial charge in [-0.2, -0.15) is 0 Å². The second kappa shape index (κ2) is 10.2. The molecule has 188 valence electrons. The molecule has 0 bridgehead atoms. The predicted molar refractivity (Wildman–Crippen MR) is 129 cm³/mol. The van der Waals surface area contributed by atoms with E-state index >= 15 is 0 Å². The Labute approximate surface area is 209 Å². The minimum Gasteiger partial charge on any atom is -0.381 e. The van der Waals surface area contributed by atoms with Crippen molar-refractivity contribution in [3.63, 3.8) is 0 Å². The van der Waals surface area contributed by atoms with E-state index in [9.17, 15) is 19.2 Å². The van der Waals surface area contributed by atoms with E-state index in [4.69, 9.17) is 4.74 Å². The van der Waals surface area contributed by atoms with Crippen molar-refractivity contribution in [3.8, 4) is 0 Å². The van der Waals surface area contributed by atoms with Crippen LogP contribution in [0.5, 0.6) is 0 Å². The zero-order valence-corrected chi connectivity index (χ0v) is 19.9. The van der Waals surface area contributed by atoms with E-state index in [0.717, 1.165) is 12.0 Å². The number of hydrogen-bond donors (Lipinski definition) is 3. The summed E-state index contributed by atoms with van der Waals surface area (Å²) in [6.45, 7) is 1.28. The van der Waals surface area contributed by atoms with Crippen LogP contribution in [-0.4, -0.2) is 53.3 Å². The molecular weight excluding hydrogens is 460 g/mol. The van der Waals surface area contributed by atoms with Gasteiger partial charge in [0.25, 0.3) is 5.91 Å². The van der Waals surface area contributed by atoms with Crippen molar-refractivity contribution in [1.82, 2.24) is 20.9 Å². The van der Waals surface area contributed by atoms with Gasteiger partial charge >= 0.3 is 0 Å². The molecule has 9 nitrogen and oxygen atoms in total. The Bertz CT molecular complexity index is 1130. The van der Waals surface area contributed by atoms with Crippen molar-refractivity contribution in [2.75, 3.05) is 13.2 Å². The number of benzene rings is 1. The van der Waals surface area contributed by atoms with Gasteiger partial charge in [-0.05, 0) is 48.8 Å². The van der Waals surface area contributed by atoms with Crippen LogP contribution >= 0.6 is 0 Å². The lowest BCUT2D eigenvalue weighted by Gasteiger charge is -2.41. The van der Waals surface area contributed by atoms with Crippen LogP contribution in [0.3, 0.4) is 0 Å². The first-order valence-electron chi connectivity index (χ1n) is 12.4. The number of hydrogen-bond acceptors (Lipinski definition) is 6. The number of aromatic nitrogens is 1. The second-order valence-electron chi connectivity index (χ2n) is 9.90. The molecule has 3 aliphatic rings. The number of fused-ring (bicyclic) bond motifs is 1. The van der Waals surface area contributed by atoms with Crippen LogP contribution in [0.15, 0.2) is 54.7 Å². The Kier molecular flexibility index (Phi) is 6.82. The number of carbonyl (C=O) groups is 4. The Morgan fingerprint density at radius 1 is 1.00 bits per heavy atom. The van der Waals surface area contributed by atoms with Crippen LogP contribution in [0.25, 0.3) is 0 Å². The number of ketones is 1. The minimum absolute atomic E-state index is 0.102. The number of nitrogens with zero attached hydrogens (tertiary/aromatic N) is 1. The summed E-state index contributed by atoms with van der Waals surface area (Å²) in [7, 11) is 0. The minimum atomic E-state index is -1.06. The first-order valence-corrected chi connectivity index (χ1v) is 12.4. The maximum Gasteiger partial charge on any atom is 0.289 e. The lowest BCUT2D eigenvalue weighted by Crippen LogP contribution is -2.65. The fourth-order valence-corrected chi connectivity index (χ4v) is 5.16. The van der Waals surface area contributed by atoms with E-state index in [2.05, 4.69) is 20.9 Å². The molecule has 1 aliphatic heterocycles. The molecule has 3 atom stereocenters. The van der Waals surface area contributed by atoms with Gasteiger partial charge in [-0.15, -0.1) is 0 Å². The largest absolute Gasteiger partial charge is 0.381 e. The van der Waals surface area contributed by atoms with Gasteiger partial charge in [0.1, 0.15) is 11.6 Å². The monoisotopic (exact) mass is 490 g/mol. The van der Waals surface area contributed by atoms with Gasteiger partial charge in [-0.25, -0.2) is 0 Å². The van der Waals surface area contributed by atoms with Gasteiger partial charge < -0.3 is 20.7 Å². The quantitative estimate of drug-likeness (QED) is 0.425. The molecule has 1 aromatic heterocycles. The summed E-state index contributed by atoms with van der Waals surface area (Å²) in [6, 6.07) is 13.5.